The molecule has 0 saturated heterocycles. The first kappa shape index (κ1) is 15.8. The Hall–Kier alpha value is -0.580. The molecule has 1 aromatic rings. The van der Waals surface area contributed by atoms with Gasteiger partial charge in [-0.05, 0) is 78.3 Å². The molecule has 3 heteroatoms. The standard InChI is InChI=1S/C17H23IO2/c1-2-3-13-8-10-17(11-9-13,16(19)20)12-14-4-6-15(18)7-5-14/h4-7,13H,2-3,8-12H2,1H3,(H,19,20). The molecule has 2 nitrogen and oxygen atoms in total. The van der Waals surface area contributed by atoms with Crippen LogP contribution in [0, 0.1) is 14.9 Å². The molecule has 1 aliphatic carbocycles. The summed E-state index contributed by atoms with van der Waals surface area (Å²) in [5, 5.41) is 9.72. The van der Waals surface area contributed by atoms with Crippen LogP contribution in [0.5, 0.6) is 0 Å². The highest BCUT2D eigenvalue weighted by molar-refractivity contribution is 14.1. The lowest BCUT2D eigenvalue weighted by Crippen LogP contribution is -2.37. The smallest absolute Gasteiger partial charge is 0.309 e. The first-order valence-corrected chi connectivity index (χ1v) is 8.61. The molecular weight excluding hydrogens is 363 g/mol. The van der Waals surface area contributed by atoms with Gasteiger partial charge < -0.3 is 5.11 Å². The van der Waals surface area contributed by atoms with E-state index in [2.05, 4.69) is 53.8 Å². The molecule has 0 amide bonds. The second-order valence-corrected chi connectivity index (χ2v) is 7.37. The third-order valence-electron chi connectivity index (χ3n) is 4.67. The highest BCUT2D eigenvalue weighted by Crippen LogP contribution is 2.43. The summed E-state index contributed by atoms with van der Waals surface area (Å²) in [5.41, 5.74) is 0.624. The fourth-order valence-electron chi connectivity index (χ4n) is 3.39. The van der Waals surface area contributed by atoms with Gasteiger partial charge in [0.15, 0.2) is 0 Å². The highest BCUT2D eigenvalue weighted by Gasteiger charge is 2.41. The summed E-state index contributed by atoms with van der Waals surface area (Å²) >= 11 is 2.28. The van der Waals surface area contributed by atoms with E-state index in [1.54, 1.807) is 0 Å². The third kappa shape index (κ3) is 3.74. The van der Waals surface area contributed by atoms with E-state index in [9.17, 15) is 9.90 Å². The van der Waals surface area contributed by atoms with E-state index in [0.29, 0.717) is 6.42 Å². The van der Waals surface area contributed by atoms with Gasteiger partial charge in [0, 0.05) is 3.57 Å². The molecule has 2 rings (SSSR count). The number of benzene rings is 1. The minimum atomic E-state index is -0.606. The summed E-state index contributed by atoms with van der Waals surface area (Å²) in [4.78, 5) is 11.8. The molecule has 0 heterocycles. The lowest BCUT2D eigenvalue weighted by atomic mass is 9.67. The Balaban J connectivity index is 2.08. The van der Waals surface area contributed by atoms with Crippen LogP contribution in [0.2, 0.25) is 0 Å². The molecule has 20 heavy (non-hydrogen) atoms. The van der Waals surface area contributed by atoms with Gasteiger partial charge >= 0.3 is 5.97 Å². The molecule has 110 valence electrons. The van der Waals surface area contributed by atoms with Crippen LogP contribution in [0.15, 0.2) is 24.3 Å². The summed E-state index contributed by atoms with van der Waals surface area (Å²) in [7, 11) is 0. The summed E-state index contributed by atoms with van der Waals surface area (Å²) in [6, 6.07) is 8.28. The van der Waals surface area contributed by atoms with Crippen molar-refractivity contribution in [1.29, 1.82) is 0 Å². The lowest BCUT2D eigenvalue weighted by Gasteiger charge is -2.37. The van der Waals surface area contributed by atoms with Gasteiger partial charge in [0.2, 0.25) is 0 Å². The van der Waals surface area contributed by atoms with Crippen LogP contribution in [0.25, 0.3) is 0 Å². The van der Waals surface area contributed by atoms with Crippen LogP contribution in [0.4, 0.5) is 0 Å². The first-order valence-electron chi connectivity index (χ1n) is 7.53. The Morgan fingerprint density at radius 1 is 1.30 bits per heavy atom. The van der Waals surface area contributed by atoms with Gasteiger partial charge in [0.05, 0.1) is 5.41 Å². The van der Waals surface area contributed by atoms with E-state index >= 15 is 0 Å². The van der Waals surface area contributed by atoms with Crippen molar-refractivity contribution in [2.45, 2.75) is 51.9 Å². The maximum atomic E-state index is 11.8. The molecule has 0 atom stereocenters. The molecule has 1 aliphatic rings. The Kier molecular flexibility index (Phi) is 5.47. The van der Waals surface area contributed by atoms with Crippen LogP contribution in [-0.4, -0.2) is 11.1 Å². The van der Waals surface area contributed by atoms with Gasteiger partial charge in [-0.15, -0.1) is 0 Å². The van der Waals surface area contributed by atoms with Gasteiger partial charge in [0.1, 0.15) is 0 Å². The third-order valence-corrected chi connectivity index (χ3v) is 5.39. The van der Waals surface area contributed by atoms with Gasteiger partial charge in [0.25, 0.3) is 0 Å². The van der Waals surface area contributed by atoms with Crippen molar-refractivity contribution in [3.05, 3.63) is 33.4 Å². The Morgan fingerprint density at radius 2 is 1.90 bits per heavy atom. The van der Waals surface area contributed by atoms with Gasteiger partial charge in [-0.1, -0.05) is 31.9 Å². The number of carboxylic acid groups (broad SMARTS) is 1. The summed E-state index contributed by atoms with van der Waals surface area (Å²) in [5.74, 6) is 0.134. The van der Waals surface area contributed by atoms with Gasteiger partial charge in [-0.2, -0.15) is 0 Å². The average molecular weight is 386 g/mol. The van der Waals surface area contributed by atoms with Crippen LogP contribution in [0.1, 0.15) is 51.0 Å². The monoisotopic (exact) mass is 386 g/mol. The fraction of sp³-hybridized carbons (Fsp3) is 0.588. The van der Waals surface area contributed by atoms with E-state index in [4.69, 9.17) is 0 Å². The number of carbonyl (C=O) groups is 1. The van der Waals surface area contributed by atoms with Crippen molar-refractivity contribution in [1.82, 2.24) is 0 Å². The average Bonchev–Trinajstić information content (AvgIpc) is 2.44. The predicted molar refractivity (Wildman–Crippen MR) is 89.8 cm³/mol. The second kappa shape index (κ2) is 6.92. The molecule has 1 aromatic carbocycles. The number of halogens is 1. The Bertz CT molecular complexity index is 445. The lowest BCUT2D eigenvalue weighted by molar-refractivity contribution is -0.151. The highest BCUT2D eigenvalue weighted by atomic mass is 127. The maximum Gasteiger partial charge on any atom is 0.309 e. The molecule has 0 aliphatic heterocycles. The zero-order valence-corrected chi connectivity index (χ0v) is 14.2. The van der Waals surface area contributed by atoms with Crippen molar-refractivity contribution in [2.75, 3.05) is 0 Å². The van der Waals surface area contributed by atoms with Gasteiger partial charge in [-0.3, -0.25) is 4.79 Å². The van der Waals surface area contributed by atoms with Crippen molar-refractivity contribution in [3.8, 4) is 0 Å². The van der Waals surface area contributed by atoms with Crippen LogP contribution < -0.4 is 0 Å². The molecular formula is C17H23IO2. The van der Waals surface area contributed by atoms with Crippen LogP contribution >= 0.6 is 22.6 Å². The van der Waals surface area contributed by atoms with Gasteiger partial charge in [-0.25, -0.2) is 0 Å². The molecule has 0 bridgehead atoms. The minimum Gasteiger partial charge on any atom is -0.481 e. The zero-order chi connectivity index (χ0) is 14.6. The summed E-state index contributed by atoms with van der Waals surface area (Å²) in [6.07, 6.45) is 6.95. The van der Waals surface area contributed by atoms with E-state index in [1.165, 1.54) is 16.4 Å². The van der Waals surface area contributed by atoms with E-state index in [0.717, 1.165) is 37.2 Å². The molecule has 0 unspecified atom stereocenters. The molecule has 0 spiro atoms. The number of hydrogen-bond acceptors (Lipinski definition) is 1. The first-order chi connectivity index (χ1) is 9.55. The van der Waals surface area contributed by atoms with Crippen LogP contribution in [0.3, 0.4) is 0 Å². The zero-order valence-electron chi connectivity index (χ0n) is 12.1. The van der Waals surface area contributed by atoms with Crippen LogP contribution in [-0.2, 0) is 11.2 Å². The van der Waals surface area contributed by atoms with Crippen molar-refractivity contribution < 1.29 is 9.90 Å². The molecule has 1 N–H and O–H groups in total. The summed E-state index contributed by atoms with van der Waals surface area (Å²) in [6.45, 7) is 2.21. The number of rotatable bonds is 5. The van der Waals surface area contributed by atoms with E-state index in [1.807, 2.05) is 0 Å². The quantitative estimate of drug-likeness (QED) is 0.732. The number of carboxylic acids is 1. The SMILES string of the molecule is CCCC1CCC(Cc2ccc(I)cc2)(C(=O)O)CC1. The Labute approximate surface area is 135 Å². The second-order valence-electron chi connectivity index (χ2n) is 6.12. The van der Waals surface area contributed by atoms with E-state index < -0.39 is 11.4 Å². The topological polar surface area (TPSA) is 37.3 Å². The fourth-order valence-corrected chi connectivity index (χ4v) is 3.75. The normalized spacial score (nSPS) is 26.4. The molecule has 0 aromatic heterocycles. The van der Waals surface area contributed by atoms with Crippen molar-refractivity contribution >= 4 is 28.6 Å². The minimum absolute atomic E-state index is 0.531. The maximum absolute atomic E-state index is 11.8. The van der Waals surface area contributed by atoms with Crippen molar-refractivity contribution in [2.24, 2.45) is 11.3 Å². The van der Waals surface area contributed by atoms with Crippen molar-refractivity contribution in [3.63, 3.8) is 0 Å². The largest absolute Gasteiger partial charge is 0.481 e. The number of aliphatic carboxylic acids is 1. The number of hydrogen-bond donors (Lipinski definition) is 1. The predicted octanol–water partition coefficient (Wildman–Crippen LogP) is 4.90. The Morgan fingerprint density at radius 3 is 2.40 bits per heavy atom. The molecule has 1 fully saturated rings. The molecule has 1 saturated carbocycles. The van der Waals surface area contributed by atoms with E-state index in [-0.39, 0.29) is 0 Å². The molecule has 0 radical (unpaired) electrons. The summed E-state index contributed by atoms with van der Waals surface area (Å²) < 4.78 is 1.20.